The molecular weight excluding hydrogens is 428 g/mol. The Hall–Kier alpha value is -3.93. The van der Waals surface area contributed by atoms with E-state index in [1.165, 1.54) is 5.56 Å². The van der Waals surface area contributed by atoms with Crippen molar-refractivity contribution >= 4 is 23.5 Å². The molecule has 0 spiro atoms. The third-order valence-corrected chi connectivity index (χ3v) is 6.17. The lowest BCUT2D eigenvalue weighted by Gasteiger charge is -2.12. The zero-order valence-corrected chi connectivity index (χ0v) is 19.1. The number of rotatable bonds is 9. The lowest BCUT2D eigenvalue weighted by Crippen LogP contribution is -2.43. The van der Waals surface area contributed by atoms with Crippen LogP contribution in [0.4, 0.5) is 5.69 Å². The van der Waals surface area contributed by atoms with E-state index in [-0.39, 0.29) is 11.8 Å². The van der Waals surface area contributed by atoms with E-state index in [0.717, 1.165) is 30.4 Å². The number of carboxylic acids is 1. The number of carbonyl (C=O) groups excluding carboxylic acids is 2. The molecule has 1 aliphatic rings. The zero-order valence-electron chi connectivity index (χ0n) is 19.1. The Morgan fingerprint density at radius 1 is 0.794 bits per heavy atom. The molecule has 0 saturated heterocycles. The Bertz CT molecular complexity index is 1180. The summed E-state index contributed by atoms with van der Waals surface area (Å²) in [4.78, 5) is 36.2. The van der Waals surface area contributed by atoms with Crippen molar-refractivity contribution in [2.24, 2.45) is 0 Å². The van der Waals surface area contributed by atoms with E-state index in [0.29, 0.717) is 29.7 Å². The molecule has 0 radical (unpaired) electrons. The van der Waals surface area contributed by atoms with Crippen LogP contribution in [0.25, 0.3) is 11.1 Å². The van der Waals surface area contributed by atoms with Gasteiger partial charge in [-0.2, -0.15) is 0 Å². The molecule has 0 unspecified atom stereocenters. The van der Waals surface area contributed by atoms with Gasteiger partial charge in [0.1, 0.15) is 5.54 Å². The number of carbonyl (C=O) groups is 3. The number of aryl methyl sites for hydroxylation is 1. The van der Waals surface area contributed by atoms with Crippen molar-refractivity contribution in [3.63, 3.8) is 0 Å². The second-order valence-electron chi connectivity index (χ2n) is 8.75. The molecule has 0 aromatic heterocycles. The van der Waals surface area contributed by atoms with E-state index in [1.54, 1.807) is 12.1 Å². The topological polar surface area (TPSA) is 95.5 Å². The van der Waals surface area contributed by atoms with Gasteiger partial charge in [0.15, 0.2) is 0 Å². The van der Waals surface area contributed by atoms with E-state index >= 15 is 0 Å². The third kappa shape index (κ3) is 5.34. The molecule has 0 bridgehead atoms. The molecule has 6 heteroatoms. The highest BCUT2D eigenvalue weighted by Crippen LogP contribution is 2.35. The van der Waals surface area contributed by atoms with Gasteiger partial charge in [0.25, 0.3) is 11.8 Å². The SMILES string of the molecule is CCCCc1ccc(C(=O)Nc2ccc(-c3ccc(C(=O)NC4(C(=O)O)CC4)cc3)cc2)cc1. The summed E-state index contributed by atoms with van der Waals surface area (Å²) in [6.45, 7) is 2.16. The average Bonchev–Trinajstić information content (AvgIpc) is 3.64. The van der Waals surface area contributed by atoms with Gasteiger partial charge in [-0.1, -0.05) is 49.7 Å². The average molecular weight is 457 g/mol. The second-order valence-corrected chi connectivity index (χ2v) is 8.75. The lowest BCUT2D eigenvalue weighted by molar-refractivity contribution is -0.140. The summed E-state index contributed by atoms with van der Waals surface area (Å²) in [5, 5.41) is 14.8. The number of amides is 2. The highest BCUT2D eigenvalue weighted by atomic mass is 16.4. The Morgan fingerprint density at radius 2 is 1.32 bits per heavy atom. The zero-order chi connectivity index (χ0) is 24.1. The van der Waals surface area contributed by atoms with Gasteiger partial charge in [-0.15, -0.1) is 0 Å². The Morgan fingerprint density at radius 3 is 1.85 bits per heavy atom. The van der Waals surface area contributed by atoms with Gasteiger partial charge < -0.3 is 15.7 Å². The van der Waals surface area contributed by atoms with Crippen molar-refractivity contribution in [3.8, 4) is 11.1 Å². The summed E-state index contributed by atoms with van der Waals surface area (Å²) in [6, 6.07) is 22.2. The summed E-state index contributed by atoms with van der Waals surface area (Å²) in [5.74, 6) is -1.53. The number of hydrogen-bond donors (Lipinski definition) is 3. The smallest absolute Gasteiger partial charge is 0.329 e. The number of nitrogens with one attached hydrogen (secondary N) is 2. The van der Waals surface area contributed by atoms with Crippen LogP contribution < -0.4 is 10.6 Å². The Labute approximate surface area is 199 Å². The molecule has 3 N–H and O–H groups in total. The van der Waals surface area contributed by atoms with Crippen LogP contribution in [0.2, 0.25) is 0 Å². The van der Waals surface area contributed by atoms with Crippen LogP contribution in [0.15, 0.2) is 72.8 Å². The van der Waals surface area contributed by atoms with Crippen LogP contribution in [0.3, 0.4) is 0 Å². The summed E-state index contributed by atoms with van der Waals surface area (Å²) >= 11 is 0. The van der Waals surface area contributed by atoms with E-state index in [1.807, 2.05) is 60.7 Å². The molecule has 174 valence electrons. The summed E-state index contributed by atoms with van der Waals surface area (Å²) in [7, 11) is 0. The van der Waals surface area contributed by atoms with Crippen LogP contribution >= 0.6 is 0 Å². The number of anilines is 1. The van der Waals surface area contributed by atoms with Crippen molar-refractivity contribution in [2.75, 3.05) is 5.32 Å². The predicted molar refractivity (Wildman–Crippen MR) is 132 cm³/mol. The first kappa shape index (κ1) is 23.2. The van der Waals surface area contributed by atoms with Crippen LogP contribution in [0.5, 0.6) is 0 Å². The molecule has 4 rings (SSSR count). The fourth-order valence-electron chi connectivity index (χ4n) is 3.77. The van der Waals surface area contributed by atoms with E-state index in [4.69, 9.17) is 0 Å². The fourth-order valence-corrected chi connectivity index (χ4v) is 3.77. The van der Waals surface area contributed by atoms with Gasteiger partial charge >= 0.3 is 5.97 Å². The quantitative estimate of drug-likeness (QED) is 0.407. The maximum atomic E-state index is 12.6. The number of hydrogen-bond acceptors (Lipinski definition) is 3. The number of benzene rings is 3. The molecule has 6 nitrogen and oxygen atoms in total. The van der Waals surface area contributed by atoms with Gasteiger partial charge in [0.2, 0.25) is 0 Å². The van der Waals surface area contributed by atoms with Crippen LogP contribution in [0, 0.1) is 0 Å². The van der Waals surface area contributed by atoms with Gasteiger partial charge in [-0.05, 0) is 78.8 Å². The fraction of sp³-hybridized carbons (Fsp3) is 0.250. The van der Waals surface area contributed by atoms with Gasteiger partial charge in [-0.25, -0.2) is 4.79 Å². The first-order valence-electron chi connectivity index (χ1n) is 11.6. The van der Waals surface area contributed by atoms with E-state index in [9.17, 15) is 19.5 Å². The van der Waals surface area contributed by atoms with Crippen LogP contribution in [-0.4, -0.2) is 28.4 Å². The van der Waals surface area contributed by atoms with Gasteiger partial charge in [-0.3, -0.25) is 9.59 Å². The number of unbranched alkanes of at least 4 members (excludes halogenated alkanes) is 1. The molecular formula is C28H28N2O4. The van der Waals surface area contributed by atoms with E-state index < -0.39 is 11.5 Å². The van der Waals surface area contributed by atoms with Crippen molar-refractivity contribution in [1.82, 2.24) is 5.32 Å². The van der Waals surface area contributed by atoms with Crippen molar-refractivity contribution in [2.45, 2.75) is 44.6 Å². The molecule has 3 aromatic rings. The maximum absolute atomic E-state index is 12.6. The summed E-state index contributed by atoms with van der Waals surface area (Å²) in [5.41, 5.74) is 3.72. The first-order chi connectivity index (χ1) is 16.4. The highest BCUT2D eigenvalue weighted by molar-refractivity contribution is 6.04. The minimum atomic E-state index is -1.10. The van der Waals surface area contributed by atoms with Crippen LogP contribution in [0.1, 0.15) is 58.9 Å². The summed E-state index contributed by atoms with van der Waals surface area (Å²) in [6.07, 6.45) is 4.22. The Balaban J connectivity index is 1.36. The number of carboxylic acid groups (broad SMARTS) is 1. The molecule has 0 heterocycles. The van der Waals surface area contributed by atoms with Gasteiger partial charge in [0, 0.05) is 16.8 Å². The molecule has 1 fully saturated rings. The number of aliphatic carboxylic acids is 1. The van der Waals surface area contributed by atoms with Gasteiger partial charge in [0.05, 0.1) is 0 Å². The molecule has 1 saturated carbocycles. The lowest BCUT2D eigenvalue weighted by atomic mass is 10.0. The molecule has 3 aromatic carbocycles. The maximum Gasteiger partial charge on any atom is 0.329 e. The normalized spacial score (nSPS) is 13.7. The molecule has 34 heavy (non-hydrogen) atoms. The Kier molecular flexibility index (Phi) is 6.77. The van der Waals surface area contributed by atoms with Crippen molar-refractivity contribution in [3.05, 3.63) is 89.5 Å². The largest absolute Gasteiger partial charge is 0.480 e. The first-order valence-corrected chi connectivity index (χ1v) is 11.6. The molecule has 1 aliphatic carbocycles. The molecule has 0 aliphatic heterocycles. The monoisotopic (exact) mass is 456 g/mol. The highest BCUT2D eigenvalue weighted by Gasteiger charge is 2.51. The minimum absolute atomic E-state index is 0.153. The second kappa shape index (κ2) is 9.91. The van der Waals surface area contributed by atoms with Crippen molar-refractivity contribution in [1.29, 1.82) is 0 Å². The predicted octanol–water partition coefficient (Wildman–Crippen LogP) is 5.30. The third-order valence-electron chi connectivity index (χ3n) is 6.17. The van der Waals surface area contributed by atoms with Crippen molar-refractivity contribution < 1.29 is 19.5 Å². The minimum Gasteiger partial charge on any atom is -0.480 e. The standard InChI is InChI=1S/C28H28N2O4/c1-2-3-4-19-5-7-22(8-6-19)25(31)29-24-15-13-21(14-16-24)20-9-11-23(12-10-20)26(32)30-28(17-18-28)27(33)34/h5-16H,2-4,17-18H2,1H3,(H,29,31)(H,30,32)(H,33,34). The van der Waals surface area contributed by atoms with E-state index in [2.05, 4.69) is 17.6 Å². The molecule has 0 atom stereocenters. The summed E-state index contributed by atoms with van der Waals surface area (Å²) < 4.78 is 0. The molecule has 2 amide bonds. The van der Waals surface area contributed by atoms with Crippen LogP contribution in [-0.2, 0) is 11.2 Å².